The minimum atomic E-state index is -3.18. The summed E-state index contributed by atoms with van der Waals surface area (Å²) < 4.78 is 24.5. The normalized spacial score (nSPS) is 22.9. The van der Waals surface area contributed by atoms with Crippen LogP contribution >= 0.6 is 0 Å². The summed E-state index contributed by atoms with van der Waals surface area (Å²) in [6.07, 6.45) is 3.78. The van der Waals surface area contributed by atoms with Crippen LogP contribution in [-0.4, -0.2) is 49.1 Å². The molecule has 0 aliphatic carbocycles. The third-order valence-electron chi connectivity index (χ3n) is 4.27. The molecule has 0 amide bonds. The highest BCUT2D eigenvalue weighted by Gasteiger charge is 2.30. The Kier molecular flexibility index (Phi) is 6.61. The second-order valence-corrected chi connectivity index (χ2v) is 7.80. The Balaban J connectivity index is 2.57. The maximum Gasteiger partial charge on any atom is 0.211 e. The molecule has 1 aliphatic rings. The van der Waals surface area contributed by atoms with Gasteiger partial charge in [-0.05, 0) is 24.7 Å². The van der Waals surface area contributed by atoms with E-state index < -0.39 is 16.1 Å². The minimum Gasteiger partial charge on any atom is -0.385 e. The van der Waals surface area contributed by atoms with Crippen LogP contribution in [-0.2, 0) is 14.8 Å². The van der Waals surface area contributed by atoms with E-state index in [0.717, 1.165) is 25.7 Å². The van der Waals surface area contributed by atoms with E-state index in [1.54, 1.807) is 0 Å². The Labute approximate surface area is 122 Å². The summed E-state index contributed by atoms with van der Waals surface area (Å²) >= 11 is 0. The van der Waals surface area contributed by atoms with Crippen LogP contribution in [0.15, 0.2) is 0 Å². The first-order valence-corrected chi connectivity index (χ1v) is 9.30. The van der Waals surface area contributed by atoms with Crippen molar-refractivity contribution >= 4 is 15.8 Å². The molecular formula is C14H27NO4S. The van der Waals surface area contributed by atoms with Crippen molar-refractivity contribution in [1.82, 2.24) is 4.31 Å². The lowest BCUT2D eigenvalue weighted by molar-refractivity contribution is -0.131. The molecule has 1 heterocycles. The number of hydrogen-bond donors (Lipinski definition) is 1. The third-order valence-corrected chi connectivity index (χ3v) is 5.54. The van der Waals surface area contributed by atoms with Gasteiger partial charge in [-0.3, -0.25) is 4.79 Å². The molecule has 1 saturated heterocycles. The van der Waals surface area contributed by atoms with Gasteiger partial charge in [-0.2, -0.15) is 0 Å². The number of ketones is 1. The van der Waals surface area contributed by atoms with Crippen molar-refractivity contribution in [1.29, 1.82) is 0 Å². The number of sulfonamides is 1. The first-order chi connectivity index (χ1) is 9.29. The standard InChI is InChI=1S/C14H27NO4S/c1-4-12(5-2)14(17)13(16)9-11-7-6-8-15(10-11)20(3,18)19/h11-12,14,17H,4-10H2,1-3H3. The zero-order valence-electron chi connectivity index (χ0n) is 12.7. The van der Waals surface area contributed by atoms with E-state index in [0.29, 0.717) is 13.1 Å². The van der Waals surface area contributed by atoms with E-state index >= 15 is 0 Å². The van der Waals surface area contributed by atoms with Gasteiger partial charge < -0.3 is 5.11 Å². The molecule has 5 nitrogen and oxygen atoms in total. The van der Waals surface area contributed by atoms with Gasteiger partial charge in [0, 0.05) is 19.5 Å². The largest absolute Gasteiger partial charge is 0.385 e. The van der Waals surface area contributed by atoms with E-state index in [-0.39, 0.29) is 24.0 Å². The lowest BCUT2D eigenvalue weighted by Crippen LogP contribution is -2.41. The van der Waals surface area contributed by atoms with Gasteiger partial charge in [0.15, 0.2) is 5.78 Å². The van der Waals surface area contributed by atoms with E-state index in [4.69, 9.17) is 0 Å². The fourth-order valence-electron chi connectivity index (χ4n) is 2.90. The molecule has 2 atom stereocenters. The zero-order valence-corrected chi connectivity index (χ0v) is 13.5. The molecule has 0 saturated carbocycles. The Bertz CT molecular complexity index is 417. The molecule has 0 aromatic heterocycles. The number of piperidine rings is 1. The molecule has 0 aromatic rings. The minimum absolute atomic E-state index is 0.0112. The maximum atomic E-state index is 12.1. The van der Waals surface area contributed by atoms with Gasteiger partial charge in [0.05, 0.1) is 6.26 Å². The number of carbonyl (C=O) groups excluding carboxylic acids is 1. The molecule has 118 valence electrons. The smallest absolute Gasteiger partial charge is 0.211 e. The SMILES string of the molecule is CCC(CC)C(O)C(=O)CC1CCCN(S(C)(=O)=O)C1. The second-order valence-electron chi connectivity index (χ2n) is 5.82. The van der Waals surface area contributed by atoms with Crippen LogP contribution in [0.25, 0.3) is 0 Å². The Morgan fingerprint density at radius 1 is 1.35 bits per heavy atom. The van der Waals surface area contributed by atoms with Crippen LogP contribution in [0.1, 0.15) is 46.0 Å². The molecule has 0 radical (unpaired) electrons. The lowest BCUT2D eigenvalue weighted by Gasteiger charge is -2.31. The summed E-state index contributed by atoms with van der Waals surface area (Å²) in [5.41, 5.74) is 0. The van der Waals surface area contributed by atoms with Crippen molar-refractivity contribution in [3.63, 3.8) is 0 Å². The number of aliphatic hydroxyl groups excluding tert-OH is 1. The molecule has 1 rings (SSSR count). The summed E-state index contributed by atoms with van der Waals surface area (Å²) in [4.78, 5) is 12.1. The number of hydrogen-bond acceptors (Lipinski definition) is 4. The molecule has 0 aromatic carbocycles. The predicted octanol–water partition coefficient (Wildman–Crippen LogP) is 1.41. The second kappa shape index (κ2) is 7.52. The van der Waals surface area contributed by atoms with Crippen LogP contribution in [0.2, 0.25) is 0 Å². The van der Waals surface area contributed by atoms with Crippen molar-refractivity contribution in [2.45, 2.75) is 52.1 Å². The molecule has 0 spiro atoms. The summed E-state index contributed by atoms with van der Waals surface area (Å²) in [6.45, 7) is 4.88. The number of nitrogens with zero attached hydrogens (tertiary/aromatic N) is 1. The summed E-state index contributed by atoms with van der Waals surface area (Å²) in [6, 6.07) is 0. The quantitative estimate of drug-likeness (QED) is 0.772. The van der Waals surface area contributed by atoms with Gasteiger partial charge in [0.2, 0.25) is 10.0 Å². The molecular weight excluding hydrogens is 278 g/mol. The first-order valence-electron chi connectivity index (χ1n) is 7.45. The van der Waals surface area contributed by atoms with Crippen LogP contribution in [0, 0.1) is 11.8 Å². The summed E-state index contributed by atoms with van der Waals surface area (Å²) in [5, 5.41) is 10.1. The fourth-order valence-corrected chi connectivity index (χ4v) is 3.84. The average molecular weight is 305 g/mol. The molecule has 2 unspecified atom stereocenters. The first kappa shape index (κ1) is 17.6. The Morgan fingerprint density at radius 2 is 1.95 bits per heavy atom. The van der Waals surface area contributed by atoms with E-state index in [1.807, 2.05) is 13.8 Å². The van der Waals surface area contributed by atoms with E-state index in [9.17, 15) is 18.3 Å². The van der Waals surface area contributed by atoms with Crippen LogP contribution < -0.4 is 0 Å². The van der Waals surface area contributed by atoms with E-state index in [1.165, 1.54) is 10.6 Å². The third kappa shape index (κ3) is 4.82. The number of aliphatic hydroxyl groups is 1. The van der Waals surface area contributed by atoms with Gasteiger partial charge in [-0.15, -0.1) is 0 Å². The topological polar surface area (TPSA) is 74.7 Å². The highest BCUT2D eigenvalue weighted by Crippen LogP contribution is 2.24. The van der Waals surface area contributed by atoms with Crippen molar-refractivity contribution in [3.8, 4) is 0 Å². The Hall–Kier alpha value is -0.460. The summed E-state index contributed by atoms with van der Waals surface area (Å²) in [7, 11) is -3.18. The van der Waals surface area contributed by atoms with E-state index in [2.05, 4.69) is 0 Å². The van der Waals surface area contributed by atoms with Crippen molar-refractivity contribution in [2.75, 3.05) is 19.3 Å². The van der Waals surface area contributed by atoms with Gasteiger partial charge in [0.25, 0.3) is 0 Å². The average Bonchev–Trinajstić information content (AvgIpc) is 2.39. The summed E-state index contributed by atoms with van der Waals surface area (Å²) in [5.74, 6) is -0.0915. The highest BCUT2D eigenvalue weighted by atomic mass is 32.2. The van der Waals surface area contributed by atoms with Gasteiger partial charge in [0.1, 0.15) is 6.10 Å². The highest BCUT2D eigenvalue weighted by molar-refractivity contribution is 7.88. The van der Waals surface area contributed by atoms with Crippen LogP contribution in [0.5, 0.6) is 0 Å². The van der Waals surface area contributed by atoms with Crippen LogP contribution in [0.3, 0.4) is 0 Å². The van der Waals surface area contributed by atoms with Gasteiger partial charge in [-0.1, -0.05) is 26.7 Å². The zero-order chi connectivity index (χ0) is 15.3. The lowest BCUT2D eigenvalue weighted by atomic mass is 9.87. The monoisotopic (exact) mass is 305 g/mol. The molecule has 6 heteroatoms. The Morgan fingerprint density at radius 3 is 2.45 bits per heavy atom. The number of rotatable bonds is 7. The van der Waals surface area contributed by atoms with Gasteiger partial charge in [-0.25, -0.2) is 12.7 Å². The maximum absolute atomic E-state index is 12.1. The molecule has 20 heavy (non-hydrogen) atoms. The molecule has 0 bridgehead atoms. The molecule has 1 fully saturated rings. The predicted molar refractivity (Wildman–Crippen MR) is 78.8 cm³/mol. The van der Waals surface area contributed by atoms with Crippen molar-refractivity contribution in [3.05, 3.63) is 0 Å². The fraction of sp³-hybridized carbons (Fsp3) is 0.929. The van der Waals surface area contributed by atoms with Crippen molar-refractivity contribution < 1.29 is 18.3 Å². The van der Waals surface area contributed by atoms with Crippen LogP contribution in [0.4, 0.5) is 0 Å². The number of carbonyl (C=O) groups is 1. The molecule has 1 aliphatic heterocycles. The van der Waals surface area contributed by atoms with Crippen molar-refractivity contribution in [2.24, 2.45) is 11.8 Å². The van der Waals surface area contributed by atoms with Gasteiger partial charge >= 0.3 is 0 Å². The molecule has 1 N–H and O–H groups in total. The number of Topliss-reactive ketones (excluding diaryl/α,β-unsaturated/α-hetero) is 1.